The molecule has 4 nitrogen and oxygen atoms in total. The molecule has 0 spiro atoms. The first kappa shape index (κ1) is 13.0. The number of hydrogen-bond donors (Lipinski definition) is 1. The molecule has 1 unspecified atom stereocenters. The van der Waals surface area contributed by atoms with Crippen LogP contribution in [0.2, 0.25) is 0 Å². The van der Waals surface area contributed by atoms with Gasteiger partial charge >= 0.3 is 0 Å². The summed E-state index contributed by atoms with van der Waals surface area (Å²) in [4.78, 5) is 17.7. The van der Waals surface area contributed by atoms with E-state index in [1.807, 2.05) is 19.1 Å². The average molecular weight is 248 g/mol. The molecule has 18 heavy (non-hydrogen) atoms. The first-order valence-corrected chi connectivity index (χ1v) is 6.40. The lowest BCUT2D eigenvalue weighted by Crippen LogP contribution is -2.36. The van der Waals surface area contributed by atoms with Gasteiger partial charge in [0.05, 0.1) is 12.5 Å². The summed E-state index contributed by atoms with van der Waals surface area (Å²) in [5.74, 6) is 0.432. The quantitative estimate of drug-likeness (QED) is 0.850. The third-order valence-corrected chi connectivity index (χ3v) is 3.38. The minimum Gasteiger partial charge on any atom is -0.391 e. The molecular weight excluding hydrogens is 228 g/mol. The van der Waals surface area contributed by atoms with Gasteiger partial charge in [0.1, 0.15) is 0 Å². The lowest BCUT2D eigenvalue weighted by Gasteiger charge is -2.20. The second kappa shape index (κ2) is 5.48. The number of carbonyl (C=O) groups is 1. The fourth-order valence-corrected chi connectivity index (χ4v) is 1.93. The van der Waals surface area contributed by atoms with Crippen LogP contribution >= 0.6 is 0 Å². The number of amides is 1. The fourth-order valence-electron chi connectivity index (χ4n) is 1.93. The van der Waals surface area contributed by atoms with E-state index in [1.165, 1.54) is 0 Å². The highest BCUT2D eigenvalue weighted by molar-refractivity contribution is 5.78. The zero-order chi connectivity index (χ0) is 13.1. The fraction of sp³-hybridized carbons (Fsp3) is 0.571. The smallest absolute Gasteiger partial charge is 0.226 e. The number of nitrogens with zero attached hydrogens (tertiary/aromatic N) is 2. The summed E-state index contributed by atoms with van der Waals surface area (Å²) < 4.78 is 0. The van der Waals surface area contributed by atoms with E-state index in [2.05, 4.69) is 4.98 Å². The maximum Gasteiger partial charge on any atom is 0.226 e. The predicted octanol–water partition coefficient (Wildman–Crippen LogP) is 1.16. The zero-order valence-corrected chi connectivity index (χ0v) is 11.0. The molecule has 1 N–H and O–H groups in total. The molecule has 1 saturated carbocycles. The molecule has 2 rings (SSSR count). The number of aryl methyl sites for hydroxylation is 1. The third-order valence-electron chi connectivity index (χ3n) is 3.38. The molecule has 0 radical (unpaired) electrons. The second-order valence-electron chi connectivity index (χ2n) is 5.16. The van der Waals surface area contributed by atoms with Gasteiger partial charge in [-0.25, -0.2) is 0 Å². The van der Waals surface area contributed by atoms with Crippen molar-refractivity contribution in [2.45, 2.75) is 32.3 Å². The van der Waals surface area contributed by atoms with Gasteiger partial charge in [-0.1, -0.05) is 6.07 Å². The molecule has 0 aromatic carbocycles. The van der Waals surface area contributed by atoms with Crippen LogP contribution in [0.3, 0.4) is 0 Å². The third kappa shape index (κ3) is 3.53. The SMILES string of the molecule is Cc1ccc(CC(=O)N(C)CC(O)C2CC2)cn1. The molecule has 1 aromatic rings. The number of aliphatic hydroxyl groups is 1. The largest absolute Gasteiger partial charge is 0.391 e. The lowest BCUT2D eigenvalue weighted by atomic mass is 10.1. The van der Waals surface area contributed by atoms with Crippen molar-refractivity contribution in [3.05, 3.63) is 29.6 Å². The van der Waals surface area contributed by atoms with Crippen LogP contribution in [0, 0.1) is 12.8 Å². The number of aliphatic hydroxyl groups excluding tert-OH is 1. The number of carbonyl (C=O) groups excluding carboxylic acids is 1. The van der Waals surface area contributed by atoms with E-state index >= 15 is 0 Å². The molecule has 1 atom stereocenters. The van der Waals surface area contributed by atoms with Crippen molar-refractivity contribution < 1.29 is 9.90 Å². The number of hydrogen-bond acceptors (Lipinski definition) is 3. The van der Waals surface area contributed by atoms with E-state index in [4.69, 9.17) is 0 Å². The molecule has 0 aliphatic heterocycles. The standard InChI is InChI=1S/C14H20N2O2/c1-10-3-4-11(8-15-10)7-14(18)16(2)9-13(17)12-5-6-12/h3-4,8,12-13,17H,5-7,9H2,1-2H3. The summed E-state index contributed by atoms with van der Waals surface area (Å²) in [5, 5.41) is 9.80. The Labute approximate surface area is 108 Å². The minimum atomic E-state index is -0.366. The normalized spacial score (nSPS) is 16.4. The Kier molecular flexibility index (Phi) is 3.97. The Morgan fingerprint density at radius 1 is 1.56 bits per heavy atom. The summed E-state index contributed by atoms with van der Waals surface area (Å²) in [6, 6.07) is 3.83. The Morgan fingerprint density at radius 3 is 2.83 bits per heavy atom. The first-order valence-electron chi connectivity index (χ1n) is 6.40. The summed E-state index contributed by atoms with van der Waals surface area (Å²) in [7, 11) is 1.75. The second-order valence-corrected chi connectivity index (χ2v) is 5.16. The van der Waals surface area contributed by atoms with Gasteiger partial charge < -0.3 is 10.0 Å². The number of pyridine rings is 1. The van der Waals surface area contributed by atoms with E-state index in [0.717, 1.165) is 24.1 Å². The molecule has 1 heterocycles. The van der Waals surface area contributed by atoms with Crippen LogP contribution in [0.5, 0.6) is 0 Å². The zero-order valence-electron chi connectivity index (χ0n) is 11.0. The molecule has 1 aliphatic rings. The van der Waals surface area contributed by atoms with Crippen molar-refractivity contribution in [3.63, 3.8) is 0 Å². The Bertz CT molecular complexity index is 412. The van der Waals surface area contributed by atoms with Crippen molar-refractivity contribution in [1.29, 1.82) is 0 Å². The molecule has 0 bridgehead atoms. The summed E-state index contributed by atoms with van der Waals surface area (Å²) >= 11 is 0. The van der Waals surface area contributed by atoms with Crippen LogP contribution < -0.4 is 0 Å². The molecule has 1 amide bonds. The van der Waals surface area contributed by atoms with Crippen molar-refractivity contribution in [1.82, 2.24) is 9.88 Å². The lowest BCUT2D eigenvalue weighted by molar-refractivity contribution is -0.130. The van der Waals surface area contributed by atoms with Gasteiger partial charge in [0.25, 0.3) is 0 Å². The van der Waals surface area contributed by atoms with Crippen LogP contribution in [-0.2, 0) is 11.2 Å². The Hall–Kier alpha value is -1.42. The van der Waals surface area contributed by atoms with E-state index in [0.29, 0.717) is 18.9 Å². The van der Waals surface area contributed by atoms with E-state index in [-0.39, 0.29) is 12.0 Å². The molecule has 1 aromatic heterocycles. The highest BCUT2D eigenvalue weighted by atomic mass is 16.3. The summed E-state index contributed by atoms with van der Waals surface area (Å²) in [5.41, 5.74) is 1.86. The molecule has 1 aliphatic carbocycles. The van der Waals surface area contributed by atoms with Gasteiger partial charge in [-0.3, -0.25) is 9.78 Å². The summed E-state index contributed by atoms with van der Waals surface area (Å²) in [6.45, 7) is 2.35. The number of aromatic nitrogens is 1. The number of likely N-dealkylation sites (N-methyl/N-ethyl adjacent to an activating group) is 1. The minimum absolute atomic E-state index is 0.0281. The van der Waals surface area contributed by atoms with Gasteiger partial charge in [-0.2, -0.15) is 0 Å². The van der Waals surface area contributed by atoms with Crippen LogP contribution in [0.25, 0.3) is 0 Å². The van der Waals surface area contributed by atoms with Gasteiger partial charge in [-0.15, -0.1) is 0 Å². The molecule has 0 saturated heterocycles. The maximum atomic E-state index is 12.0. The van der Waals surface area contributed by atoms with Gasteiger partial charge in [0, 0.05) is 25.5 Å². The van der Waals surface area contributed by atoms with Gasteiger partial charge in [0.15, 0.2) is 0 Å². The highest BCUT2D eigenvalue weighted by Gasteiger charge is 2.31. The van der Waals surface area contributed by atoms with Gasteiger partial charge in [-0.05, 0) is 37.3 Å². The van der Waals surface area contributed by atoms with Crippen molar-refractivity contribution in [2.75, 3.05) is 13.6 Å². The van der Waals surface area contributed by atoms with Crippen LogP contribution in [-0.4, -0.2) is 40.6 Å². The van der Waals surface area contributed by atoms with Crippen LogP contribution in [0.15, 0.2) is 18.3 Å². The predicted molar refractivity (Wildman–Crippen MR) is 69.0 cm³/mol. The Balaban J connectivity index is 1.84. The first-order chi connectivity index (χ1) is 8.56. The molecule has 1 fully saturated rings. The van der Waals surface area contributed by atoms with E-state index in [1.54, 1.807) is 18.1 Å². The number of rotatable bonds is 5. The van der Waals surface area contributed by atoms with Crippen LogP contribution in [0.1, 0.15) is 24.1 Å². The van der Waals surface area contributed by atoms with E-state index in [9.17, 15) is 9.90 Å². The van der Waals surface area contributed by atoms with Crippen molar-refractivity contribution >= 4 is 5.91 Å². The van der Waals surface area contributed by atoms with Gasteiger partial charge in [0.2, 0.25) is 5.91 Å². The summed E-state index contributed by atoms with van der Waals surface area (Å²) in [6.07, 6.45) is 3.89. The monoisotopic (exact) mass is 248 g/mol. The van der Waals surface area contributed by atoms with E-state index < -0.39 is 0 Å². The Morgan fingerprint density at radius 2 is 2.28 bits per heavy atom. The van der Waals surface area contributed by atoms with Crippen molar-refractivity contribution in [3.8, 4) is 0 Å². The maximum absolute atomic E-state index is 12.0. The average Bonchev–Trinajstić information content (AvgIpc) is 3.16. The highest BCUT2D eigenvalue weighted by Crippen LogP contribution is 2.32. The van der Waals surface area contributed by atoms with Crippen molar-refractivity contribution in [2.24, 2.45) is 5.92 Å². The van der Waals surface area contributed by atoms with Crippen LogP contribution in [0.4, 0.5) is 0 Å². The topological polar surface area (TPSA) is 53.4 Å². The molecule has 98 valence electrons. The molecule has 4 heteroatoms. The molecular formula is C14H20N2O2.